The van der Waals surface area contributed by atoms with Crippen LogP contribution in [0.3, 0.4) is 0 Å². The van der Waals surface area contributed by atoms with Crippen LogP contribution in [0.2, 0.25) is 0 Å². The molecule has 14 heteroatoms. The molecule has 2 heterocycles. The number of unbranched alkanes of at least 4 members (excludes halogenated alkanes) is 5. The molecule has 2 saturated heterocycles. The first kappa shape index (κ1) is 59.7. The van der Waals surface area contributed by atoms with Crippen molar-refractivity contribution in [2.75, 3.05) is 53.4 Å². The molecule has 0 saturated carbocycles. The first-order chi connectivity index (χ1) is 34.2. The second-order valence-corrected chi connectivity index (χ2v) is 22.8. The Bertz CT molecular complexity index is 1850. The van der Waals surface area contributed by atoms with Crippen molar-refractivity contribution in [2.24, 2.45) is 10.8 Å². The molecule has 2 aromatic rings. The summed E-state index contributed by atoms with van der Waals surface area (Å²) in [6.45, 7) is 18.8. The number of aryl methyl sites for hydroxylation is 2. The molecule has 2 aliphatic rings. The predicted molar refractivity (Wildman–Crippen MR) is 289 cm³/mol. The van der Waals surface area contributed by atoms with E-state index in [1.54, 1.807) is 27.9 Å². The third-order valence-corrected chi connectivity index (χ3v) is 14.8. The minimum Gasteiger partial charge on any atom is -0.342 e. The van der Waals surface area contributed by atoms with Gasteiger partial charge in [-0.25, -0.2) is 0 Å². The third kappa shape index (κ3) is 19.2. The first-order valence-corrected chi connectivity index (χ1v) is 27.4. The topological polar surface area (TPSA) is 163 Å². The van der Waals surface area contributed by atoms with Gasteiger partial charge in [0.2, 0.25) is 35.4 Å². The summed E-state index contributed by atoms with van der Waals surface area (Å²) in [5.41, 5.74) is 1.48. The molecule has 2 aromatic carbocycles. The zero-order chi connectivity index (χ0) is 52.8. The van der Waals surface area contributed by atoms with Crippen molar-refractivity contribution in [2.45, 2.75) is 194 Å². The number of benzene rings is 2. The van der Waals surface area contributed by atoms with Gasteiger partial charge in [0, 0.05) is 64.2 Å². The van der Waals surface area contributed by atoms with Crippen LogP contribution in [0.15, 0.2) is 60.7 Å². The fraction of sp³-hybridized carbons (Fsp3) is 0.690. The van der Waals surface area contributed by atoms with Crippen LogP contribution in [0.5, 0.6) is 0 Å². The molecule has 4 rings (SSSR count). The van der Waals surface area contributed by atoms with E-state index in [0.717, 1.165) is 89.9 Å². The van der Waals surface area contributed by atoms with E-state index >= 15 is 0 Å². The lowest BCUT2D eigenvalue weighted by molar-refractivity contribution is -0.142. The van der Waals surface area contributed by atoms with E-state index in [0.29, 0.717) is 52.1 Å². The van der Waals surface area contributed by atoms with Gasteiger partial charge < -0.3 is 40.9 Å². The fourth-order valence-electron chi connectivity index (χ4n) is 10.0. The lowest BCUT2D eigenvalue weighted by Crippen LogP contribution is -2.59. The molecule has 0 bridgehead atoms. The highest BCUT2D eigenvalue weighted by molar-refractivity contribution is 5.91. The molecule has 0 aromatic heterocycles. The summed E-state index contributed by atoms with van der Waals surface area (Å²) in [7, 11) is 3.46. The minimum absolute atomic E-state index is 0.0871. The van der Waals surface area contributed by atoms with Crippen LogP contribution in [0, 0.1) is 10.8 Å². The predicted octanol–water partition coefficient (Wildman–Crippen LogP) is 7.29. The average molecular weight is 999 g/mol. The molecule has 0 radical (unpaired) electrons. The van der Waals surface area contributed by atoms with Gasteiger partial charge in [-0.3, -0.25) is 28.8 Å². The van der Waals surface area contributed by atoms with Crippen LogP contribution in [0.4, 0.5) is 0 Å². The van der Waals surface area contributed by atoms with Gasteiger partial charge in [-0.2, -0.15) is 0 Å². The zero-order valence-electron chi connectivity index (χ0n) is 46.0. The Kier molecular flexibility index (Phi) is 24.7. The van der Waals surface area contributed by atoms with E-state index in [1.165, 1.54) is 11.1 Å². The van der Waals surface area contributed by atoms with Crippen LogP contribution in [0.1, 0.15) is 156 Å². The number of carbonyl (C=O) groups excluding carboxylic acids is 6. The van der Waals surface area contributed by atoms with Crippen molar-refractivity contribution in [1.29, 1.82) is 0 Å². The lowest BCUT2D eigenvalue weighted by Gasteiger charge is -2.37. The molecule has 0 aliphatic carbocycles. The largest absolute Gasteiger partial charge is 0.342 e. The Labute approximate surface area is 433 Å². The molecule has 2 aliphatic heterocycles. The SMILES string of the molecule is CN[C@@H](C)C(=O)N[C@H](C(=O)N1CCC[C@@H]1CN(CCCc1ccccc1)C(=O)CCCCCCCCC(=O)N(CCCc1ccccc1)C[C@@H]1CCCN1C(=O)[C@@H](NC(=O)[C@H](C)NC)C(C)(C)C)C(C)(C)C. The number of hydrogen-bond acceptors (Lipinski definition) is 8. The number of rotatable bonds is 29. The van der Waals surface area contributed by atoms with Gasteiger partial charge >= 0.3 is 0 Å². The number of nitrogens with one attached hydrogen (secondary N) is 4. The van der Waals surface area contributed by atoms with Gasteiger partial charge in [-0.1, -0.05) is 128 Å². The zero-order valence-corrected chi connectivity index (χ0v) is 46.0. The lowest BCUT2D eigenvalue weighted by atomic mass is 9.85. The number of carbonyl (C=O) groups is 6. The molecule has 14 nitrogen and oxygen atoms in total. The quantitative estimate of drug-likeness (QED) is 0.0618. The molecular weight excluding hydrogens is 905 g/mol. The summed E-state index contributed by atoms with van der Waals surface area (Å²) in [6, 6.07) is 18.2. The van der Waals surface area contributed by atoms with Crippen LogP contribution < -0.4 is 21.3 Å². The maximum atomic E-state index is 14.2. The fourth-order valence-corrected chi connectivity index (χ4v) is 10.0. The van der Waals surface area contributed by atoms with E-state index in [9.17, 15) is 28.8 Å². The van der Waals surface area contributed by atoms with Gasteiger partial charge in [-0.05, 0) is 114 Å². The first-order valence-electron chi connectivity index (χ1n) is 27.4. The van der Waals surface area contributed by atoms with E-state index in [2.05, 4.69) is 45.5 Å². The highest BCUT2D eigenvalue weighted by atomic mass is 16.2. The molecule has 72 heavy (non-hydrogen) atoms. The molecule has 4 N–H and O–H groups in total. The van der Waals surface area contributed by atoms with Gasteiger partial charge in [0.25, 0.3) is 0 Å². The number of likely N-dealkylation sites (N-methyl/N-ethyl adjacent to an activating group) is 2. The van der Waals surface area contributed by atoms with Crippen molar-refractivity contribution >= 4 is 35.4 Å². The average Bonchev–Trinajstić information content (AvgIpc) is 4.03. The number of amides is 6. The van der Waals surface area contributed by atoms with Gasteiger partial charge in [0.05, 0.1) is 12.1 Å². The minimum atomic E-state index is -0.688. The maximum Gasteiger partial charge on any atom is 0.246 e. The van der Waals surface area contributed by atoms with Crippen LogP contribution in [0.25, 0.3) is 0 Å². The second kappa shape index (κ2) is 29.8. The number of likely N-dealkylation sites (tertiary alicyclic amines) is 2. The monoisotopic (exact) mass is 999 g/mol. The Balaban J connectivity index is 1.31. The van der Waals surface area contributed by atoms with Crippen LogP contribution in [-0.2, 0) is 41.6 Å². The summed E-state index contributed by atoms with van der Waals surface area (Å²) in [5, 5.41) is 12.0. The van der Waals surface area contributed by atoms with Gasteiger partial charge in [0.15, 0.2) is 0 Å². The summed E-state index contributed by atoms with van der Waals surface area (Å²) in [4.78, 5) is 90.3. The van der Waals surface area contributed by atoms with Crippen molar-refractivity contribution in [3.63, 3.8) is 0 Å². The van der Waals surface area contributed by atoms with Crippen LogP contribution in [-0.4, -0.2) is 145 Å². The molecule has 6 amide bonds. The highest BCUT2D eigenvalue weighted by Crippen LogP contribution is 2.29. The van der Waals surface area contributed by atoms with Gasteiger partial charge in [0.1, 0.15) is 12.1 Å². The summed E-state index contributed by atoms with van der Waals surface area (Å²) in [5.74, 6) is -0.359. The molecule has 0 unspecified atom stereocenters. The molecule has 0 spiro atoms. The molecular formula is C58H94N8O6. The Morgan fingerprint density at radius 3 is 1.22 bits per heavy atom. The Morgan fingerprint density at radius 2 is 0.889 bits per heavy atom. The van der Waals surface area contributed by atoms with Gasteiger partial charge in [-0.15, -0.1) is 0 Å². The smallest absolute Gasteiger partial charge is 0.246 e. The van der Waals surface area contributed by atoms with E-state index < -0.39 is 35.0 Å². The molecule has 2 fully saturated rings. The molecule has 6 atom stereocenters. The molecule has 402 valence electrons. The van der Waals surface area contributed by atoms with Crippen molar-refractivity contribution in [3.05, 3.63) is 71.8 Å². The number of hydrogen-bond donors (Lipinski definition) is 4. The summed E-state index contributed by atoms with van der Waals surface area (Å²) in [6.07, 6.45) is 13.0. The van der Waals surface area contributed by atoms with Crippen molar-refractivity contribution < 1.29 is 28.8 Å². The highest BCUT2D eigenvalue weighted by Gasteiger charge is 2.42. The Morgan fingerprint density at radius 1 is 0.542 bits per heavy atom. The number of nitrogens with zero attached hydrogens (tertiary/aromatic N) is 4. The summed E-state index contributed by atoms with van der Waals surface area (Å²) >= 11 is 0. The maximum absolute atomic E-state index is 14.2. The van der Waals surface area contributed by atoms with E-state index in [4.69, 9.17) is 0 Å². The van der Waals surface area contributed by atoms with E-state index in [-0.39, 0.29) is 47.5 Å². The standard InChI is InChI=1S/C58H94N8O6/c1-43(59-9)53(69)61-51(57(3,4)5)55(71)65-39-25-33-47(65)41-63(37-23-31-45-27-17-15-18-28-45)49(67)35-21-13-11-12-14-22-36-50(68)64(38-24-32-46-29-19-16-20-30-46)42-48-34-26-40-66(48)56(72)52(58(6,7)8)62-54(70)44(2)60-10/h15-20,27-30,43-44,47-48,51-52,59-60H,11-14,21-26,31-42H2,1-10H3,(H,61,69)(H,62,70)/t43-,44-,47-,48+,51+,52+/m0/s1. The van der Waals surface area contributed by atoms with Crippen LogP contribution >= 0.6 is 0 Å². The second-order valence-electron chi connectivity index (χ2n) is 22.8. The Hall–Kier alpha value is -4.82. The third-order valence-electron chi connectivity index (χ3n) is 14.8. The normalized spacial score (nSPS) is 17.8. The van der Waals surface area contributed by atoms with E-state index in [1.807, 2.05) is 97.5 Å². The van der Waals surface area contributed by atoms with Crippen molar-refractivity contribution in [3.8, 4) is 0 Å². The summed E-state index contributed by atoms with van der Waals surface area (Å²) < 4.78 is 0. The van der Waals surface area contributed by atoms with Crippen molar-refractivity contribution in [1.82, 2.24) is 40.9 Å².